The number of hydrogen-bond acceptors (Lipinski definition) is 3. The fourth-order valence-electron chi connectivity index (χ4n) is 2.06. The highest BCUT2D eigenvalue weighted by Crippen LogP contribution is 2.28. The van der Waals surface area contributed by atoms with Crippen molar-refractivity contribution in [3.8, 4) is 0 Å². The quantitative estimate of drug-likeness (QED) is 0.880. The van der Waals surface area contributed by atoms with E-state index in [0.717, 1.165) is 10.9 Å². The molecule has 0 spiro atoms. The molecule has 0 aliphatic heterocycles. The van der Waals surface area contributed by atoms with E-state index in [0.29, 0.717) is 12.5 Å². The van der Waals surface area contributed by atoms with E-state index in [9.17, 15) is 0 Å². The number of benzene rings is 1. The summed E-state index contributed by atoms with van der Waals surface area (Å²) in [6.07, 6.45) is 0.910. The van der Waals surface area contributed by atoms with Gasteiger partial charge in [0, 0.05) is 27.6 Å². The first kappa shape index (κ1) is 15.7. The fraction of sp³-hybridized carbons (Fsp3) is 0.438. The Kier molecular flexibility index (Phi) is 4.99. The molecule has 0 saturated carbocycles. The predicted molar refractivity (Wildman–Crippen MR) is 90.5 cm³/mol. The van der Waals surface area contributed by atoms with E-state index in [4.69, 9.17) is 10.7 Å². The Morgan fingerprint density at radius 1 is 1.35 bits per heavy atom. The van der Waals surface area contributed by atoms with Crippen LogP contribution in [0.15, 0.2) is 34.1 Å². The maximum Gasteiger partial charge on any atom is 0.0935 e. The molecule has 2 rings (SSSR count). The van der Waals surface area contributed by atoms with Gasteiger partial charge in [-0.15, -0.1) is 11.3 Å². The maximum absolute atomic E-state index is 5.96. The van der Waals surface area contributed by atoms with Gasteiger partial charge in [-0.2, -0.15) is 0 Å². The zero-order valence-corrected chi connectivity index (χ0v) is 14.6. The first-order valence-corrected chi connectivity index (χ1v) is 8.48. The van der Waals surface area contributed by atoms with E-state index in [2.05, 4.69) is 60.3 Å². The molecule has 4 heteroatoms. The number of nitrogens with zero attached hydrogens (tertiary/aromatic N) is 1. The lowest BCUT2D eigenvalue weighted by molar-refractivity contribution is 0.568. The molecule has 0 radical (unpaired) electrons. The van der Waals surface area contributed by atoms with Gasteiger partial charge in [0.25, 0.3) is 0 Å². The van der Waals surface area contributed by atoms with Crippen LogP contribution in [0.4, 0.5) is 0 Å². The van der Waals surface area contributed by atoms with Crippen LogP contribution in [-0.2, 0) is 11.8 Å². The van der Waals surface area contributed by atoms with Crippen LogP contribution in [0.5, 0.6) is 0 Å². The highest BCUT2D eigenvalue weighted by Gasteiger charge is 2.19. The van der Waals surface area contributed by atoms with Crippen molar-refractivity contribution in [1.82, 2.24) is 4.98 Å². The van der Waals surface area contributed by atoms with Gasteiger partial charge in [-0.3, -0.25) is 0 Å². The van der Waals surface area contributed by atoms with E-state index in [1.54, 1.807) is 11.3 Å². The third-order valence-corrected chi connectivity index (χ3v) is 4.71. The van der Waals surface area contributed by atoms with Crippen LogP contribution < -0.4 is 5.73 Å². The van der Waals surface area contributed by atoms with Crippen LogP contribution in [0.2, 0.25) is 0 Å². The van der Waals surface area contributed by atoms with Crippen molar-refractivity contribution >= 4 is 27.3 Å². The van der Waals surface area contributed by atoms with Crippen molar-refractivity contribution in [2.45, 2.75) is 38.5 Å². The highest BCUT2D eigenvalue weighted by molar-refractivity contribution is 9.10. The van der Waals surface area contributed by atoms with Gasteiger partial charge in [-0.25, -0.2) is 4.98 Å². The Labute approximate surface area is 133 Å². The normalized spacial score (nSPS) is 13.4. The Balaban J connectivity index is 2.16. The summed E-state index contributed by atoms with van der Waals surface area (Å²) in [7, 11) is 0. The summed E-state index contributed by atoms with van der Waals surface area (Å²) in [5.74, 6) is 0.325. The number of thiazole rings is 1. The minimum Gasteiger partial charge on any atom is -0.330 e. The van der Waals surface area contributed by atoms with Crippen LogP contribution in [0.3, 0.4) is 0 Å². The van der Waals surface area contributed by atoms with E-state index in [1.165, 1.54) is 16.3 Å². The smallest absolute Gasteiger partial charge is 0.0935 e. The topological polar surface area (TPSA) is 38.9 Å². The maximum atomic E-state index is 5.96. The standard InChI is InChI=1S/C16H21BrN2S/c1-16(2,3)14-10-20-15(19-14)8-12(9-18)11-5-4-6-13(17)7-11/h4-7,10,12H,8-9,18H2,1-3H3. The second kappa shape index (κ2) is 6.37. The van der Waals surface area contributed by atoms with Crippen molar-refractivity contribution < 1.29 is 0 Å². The largest absolute Gasteiger partial charge is 0.330 e. The van der Waals surface area contributed by atoms with E-state index >= 15 is 0 Å². The first-order chi connectivity index (χ1) is 9.40. The summed E-state index contributed by atoms with van der Waals surface area (Å²) >= 11 is 5.26. The van der Waals surface area contributed by atoms with Gasteiger partial charge in [-0.1, -0.05) is 48.8 Å². The molecule has 0 amide bonds. The van der Waals surface area contributed by atoms with Gasteiger partial charge >= 0.3 is 0 Å². The zero-order chi connectivity index (χ0) is 14.8. The van der Waals surface area contributed by atoms with E-state index in [-0.39, 0.29) is 5.41 Å². The Morgan fingerprint density at radius 3 is 2.65 bits per heavy atom. The van der Waals surface area contributed by atoms with Crippen molar-refractivity contribution in [2.24, 2.45) is 5.73 Å². The van der Waals surface area contributed by atoms with Gasteiger partial charge in [-0.05, 0) is 24.2 Å². The molecule has 0 saturated heterocycles. The van der Waals surface area contributed by atoms with Gasteiger partial charge in [0.1, 0.15) is 0 Å². The van der Waals surface area contributed by atoms with Gasteiger partial charge in [0.15, 0.2) is 0 Å². The lowest BCUT2D eigenvalue weighted by Crippen LogP contribution is -2.16. The van der Waals surface area contributed by atoms with Crippen LogP contribution >= 0.6 is 27.3 Å². The summed E-state index contributed by atoms with van der Waals surface area (Å²) in [4.78, 5) is 4.77. The molecule has 20 heavy (non-hydrogen) atoms. The second-order valence-corrected chi connectivity index (χ2v) is 7.93. The Hall–Kier alpha value is -0.710. The van der Waals surface area contributed by atoms with Crippen molar-refractivity contribution in [1.29, 1.82) is 0 Å². The summed E-state index contributed by atoms with van der Waals surface area (Å²) < 4.78 is 1.10. The summed E-state index contributed by atoms with van der Waals surface area (Å²) in [5.41, 5.74) is 8.51. The molecule has 2 N–H and O–H groups in total. The summed E-state index contributed by atoms with van der Waals surface area (Å²) in [6.45, 7) is 7.22. The highest BCUT2D eigenvalue weighted by atomic mass is 79.9. The van der Waals surface area contributed by atoms with Crippen molar-refractivity contribution in [2.75, 3.05) is 6.54 Å². The van der Waals surface area contributed by atoms with Gasteiger partial charge in [0.2, 0.25) is 0 Å². The molecule has 2 nitrogen and oxygen atoms in total. The minimum atomic E-state index is 0.114. The molecular weight excluding hydrogens is 332 g/mol. The SMILES string of the molecule is CC(C)(C)c1csc(CC(CN)c2cccc(Br)c2)n1. The molecule has 0 bridgehead atoms. The molecule has 0 fully saturated rings. The number of hydrogen-bond donors (Lipinski definition) is 1. The fourth-order valence-corrected chi connectivity index (χ4v) is 3.58. The lowest BCUT2D eigenvalue weighted by Gasteiger charge is -2.15. The third kappa shape index (κ3) is 3.90. The van der Waals surface area contributed by atoms with Gasteiger partial charge in [0.05, 0.1) is 10.7 Å². The first-order valence-electron chi connectivity index (χ1n) is 6.80. The summed E-state index contributed by atoms with van der Waals surface area (Å²) in [5, 5.41) is 3.34. The molecule has 1 aromatic carbocycles. The van der Waals surface area contributed by atoms with Gasteiger partial charge < -0.3 is 5.73 Å². The van der Waals surface area contributed by atoms with Crippen LogP contribution in [-0.4, -0.2) is 11.5 Å². The van der Waals surface area contributed by atoms with E-state index < -0.39 is 0 Å². The van der Waals surface area contributed by atoms with Crippen molar-refractivity contribution in [3.63, 3.8) is 0 Å². The average molecular weight is 353 g/mol. The average Bonchev–Trinajstić information content (AvgIpc) is 2.84. The Bertz CT molecular complexity index is 572. The molecule has 1 heterocycles. The van der Waals surface area contributed by atoms with Crippen LogP contribution in [0, 0.1) is 0 Å². The second-order valence-electron chi connectivity index (χ2n) is 6.07. The predicted octanol–water partition coefficient (Wildman–Crippen LogP) is 4.49. The molecule has 0 aliphatic rings. The molecule has 1 aromatic heterocycles. The molecule has 1 atom stereocenters. The number of halogens is 1. The lowest BCUT2D eigenvalue weighted by atomic mass is 9.93. The third-order valence-electron chi connectivity index (χ3n) is 3.35. The molecule has 1 unspecified atom stereocenters. The number of aromatic nitrogens is 1. The summed E-state index contributed by atoms with van der Waals surface area (Å²) in [6, 6.07) is 8.39. The molecule has 0 aliphatic carbocycles. The molecule has 2 aromatic rings. The monoisotopic (exact) mass is 352 g/mol. The zero-order valence-electron chi connectivity index (χ0n) is 12.2. The Morgan fingerprint density at radius 2 is 2.10 bits per heavy atom. The molecular formula is C16H21BrN2S. The number of rotatable bonds is 4. The minimum absolute atomic E-state index is 0.114. The number of nitrogens with two attached hydrogens (primary N) is 1. The molecule has 108 valence electrons. The van der Waals surface area contributed by atoms with E-state index in [1.807, 2.05) is 6.07 Å². The van der Waals surface area contributed by atoms with Crippen LogP contribution in [0.25, 0.3) is 0 Å². The van der Waals surface area contributed by atoms with Crippen molar-refractivity contribution in [3.05, 3.63) is 50.4 Å². The van der Waals surface area contributed by atoms with Crippen LogP contribution in [0.1, 0.15) is 43.0 Å².